The van der Waals surface area contributed by atoms with E-state index in [1.165, 1.54) is 0 Å². The van der Waals surface area contributed by atoms with Crippen LogP contribution in [0.4, 0.5) is 0 Å². The maximum Gasteiger partial charge on any atom is 0.262 e. The van der Waals surface area contributed by atoms with Crippen LogP contribution in [0.5, 0.6) is 0 Å². The highest BCUT2D eigenvalue weighted by atomic mass is 32.1. The van der Waals surface area contributed by atoms with Crippen molar-refractivity contribution in [3.05, 3.63) is 51.0 Å². The fourth-order valence-electron chi connectivity index (χ4n) is 3.70. The Balaban J connectivity index is 1.97. The predicted molar refractivity (Wildman–Crippen MR) is 82.5 cm³/mol. The van der Waals surface area contributed by atoms with Crippen LogP contribution in [0.15, 0.2) is 35.1 Å². The number of hydrogen-bond acceptors (Lipinski definition) is 2. The number of aromatic amines is 1. The van der Waals surface area contributed by atoms with Crippen LogP contribution in [0.1, 0.15) is 24.4 Å². The number of rotatable bonds is 1. The molecule has 0 saturated heterocycles. The summed E-state index contributed by atoms with van der Waals surface area (Å²) in [6, 6.07) is 6.09. The Morgan fingerprint density at radius 2 is 2.15 bits per heavy atom. The standard InChI is InChI=1S/C16H16N2OS/c1-9-2-5-12-13(6-9)17-16(20)18(15(12)19)14-8-10-3-4-11(14)7-10/h2-6,10-11,14H,7-8H2,1H3,(H,17,20). The lowest BCUT2D eigenvalue weighted by Crippen LogP contribution is -2.28. The summed E-state index contributed by atoms with van der Waals surface area (Å²) in [6.45, 7) is 2.02. The summed E-state index contributed by atoms with van der Waals surface area (Å²) in [5.74, 6) is 1.09. The van der Waals surface area contributed by atoms with Crippen LogP contribution < -0.4 is 5.56 Å². The number of fused-ring (bicyclic) bond motifs is 3. The molecule has 1 heterocycles. The van der Waals surface area contributed by atoms with E-state index in [0.29, 0.717) is 16.6 Å². The SMILES string of the molecule is Cc1ccc2c(=O)n(C3CC4C=CC3C4)c(=S)[nH]c2c1. The van der Waals surface area contributed by atoms with E-state index in [-0.39, 0.29) is 11.6 Å². The lowest BCUT2D eigenvalue weighted by atomic mass is 10.0. The molecule has 1 N–H and O–H groups in total. The molecule has 4 heteroatoms. The number of allylic oxidation sites excluding steroid dienone is 2. The summed E-state index contributed by atoms with van der Waals surface area (Å²) in [4.78, 5) is 16.0. The normalized spacial score (nSPS) is 27.6. The molecule has 2 bridgehead atoms. The van der Waals surface area contributed by atoms with Crippen LogP contribution in [-0.4, -0.2) is 9.55 Å². The van der Waals surface area contributed by atoms with Crippen molar-refractivity contribution in [2.24, 2.45) is 11.8 Å². The third kappa shape index (κ3) is 1.64. The number of aromatic nitrogens is 2. The molecule has 102 valence electrons. The number of H-pyrrole nitrogens is 1. The van der Waals surface area contributed by atoms with Gasteiger partial charge in [0.1, 0.15) is 0 Å². The average molecular weight is 284 g/mol. The Labute approximate surface area is 122 Å². The maximum atomic E-state index is 12.8. The second-order valence-electron chi connectivity index (χ2n) is 6.00. The van der Waals surface area contributed by atoms with Gasteiger partial charge in [0.05, 0.1) is 10.9 Å². The number of benzene rings is 1. The summed E-state index contributed by atoms with van der Waals surface area (Å²) >= 11 is 5.45. The van der Waals surface area contributed by atoms with Gasteiger partial charge < -0.3 is 4.98 Å². The van der Waals surface area contributed by atoms with Gasteiger partial charge in [0.2, 0.25) is 0 Å². The Kier molecular flexibility index (Phi) is 2.51. The molecule has 0 spiro atoms. The second-order valence-corrected chi connectivity index (χ2v) is 6.39. The van der Waals surface area contributed by atoms with Crippen LogP contribution in [0.3, 0.4) is 0 Å². The minimum absolute atomic E-state index is 0.0506. The fraction of sp³-hybridized carbons (Fsp3) is 0.375. The van der Waals surface area contributed by atoms with E-state index in [2.05, 4.69) is 17.1 Å². The highest BCUT2D eigenvalue weighted by molar-refractivity contribution is 7.71. The van der Waals surface area contributed by atoms with Gasteiger partial charge in [-0.25, -0.2) is 0 Å². The van der Waals surface area contributed by atoms with Gasteiger partial charge in [-0.1, -0.05) is 18.2 Å². The molecular weight excluding hydrogens is 268 g/mol. The summed E-state index contributed by atoms with van der Waals surface area (Å²) < 4.78 is 2.36. The minimum atomic E-state index is 0.0506. The van der Waals surface area contributed by atoms with Crippen LogP contribution in [0.25, 0.3) is 10.9 Å². The first-order valence-electron chi connectivity index (χ1n) is 7.07. The molecule has 3 unspecified atom stereocenters. The van der Waals surface area contributed by atoms with E-state index in [9.17, 15) is 4.79 Å². The molecule has 0 aliphatic heterocycles. The molecule has 4 rings (SSSR count). The molecule has 2 aromatic rings. The minimum Gasteiger partial charge on any atom is -0.332 e. The van der Waals surface area contributed by atoms with Crippen LogP contribution in [0.2, 0.25) is 0 Å². The number of hydrogen-bond donors (Lipinski definition) is 1. The Morgan fingerprint density at radius 3 is 2.85 bits per heavy atom. The van der Waals surface area contributed by atoms with Crippen molar-refractivity contribution in [1.82, 2.24) is 9.55 Å². The summed E-state index contributed by atoms with van der Waals surface area (Å²) in [7, 11) is 0. The molecule has 1 aromatic heterocycles. The molecule has 1 aromatic carbocycles. The zero-order valence-electron chi connectivity index (χ0n) is 11.3. The van der Waals surface area contributed by atoms with Crippen molar-refractivity contribution in [3.8, 4) is 0 Å². The third-order valence-corrected chi connectivity index (χ3v) is 4.96. The predicted octanol–water partition coefficient (Wildman–Crippen LogP) is 3.50. The molecule has 2 aliphatic rings. The molecule has 0 amide bonds. The monoisotopic (exact) mass is 284 g/mol. The van der Waals surface area contributed by atoms with E-state index < -0.39 is 0 Å². The Morgan fingerprint density at radius 1 is 1.30 bits per heavy atom. The van der Waals surface area contributed by atoms with E-state index in [0.717, 1.165) is 29.3 Å². The highest BCUT2D eigenvalue weighted by Gasteiger charge is 2.37. The molecule has 1 saturated carbocycles. The summed E-state index contributed by atoms with van der Waals surface area (Å²) in [6.07, 6.45) is 6.73. The Hall–Kier alpha value is -1.68. The topological polar surface area (TPSA) is 37.8 Å². The molecule has 20 heavy (non-hydrogen) atoms. The van der Waals surface area contributed by atoms with E-state index in [4.69, 9.17) is 12.2 Å². The fourth-order valence-corrected chi connectivity index (χ4v) is 4.02. The quantitative estimate of drug-likeness (QED) is 0.643. The van der Waals surface area contributed by atoms with Crippen LogP contribution in [0, 0.1) is 23.5 Å². The largest absolute Gasteiger partial charge is 0.332 e. The molecule has 2 aliphatic carbocycles. The van der Waals surface area contributed by atoms with E-state index in [1.807, 2.05) is 25.1 Å². The van der Waals surface area contributed by atoms with Gasteiger partial charge in [0, 0.05) is 6.04 Å². The van der Waals surface area contributed by atoms with Crippen LogP contribution in [-0.2, 0) is 0 Å². The first kappa shape index (κ1) is 12.1. The van der Waals surface area contributed by atoms with Crippen molar-refractivity contribution in [3.63, 3.8) is 0 Å². The average Bonchev–Trinajstić information content (AvgIpc) is 3.00. The molecule has 3 atom stereocenters. The van der Waals surface area contributed by atoms with E-state index in [1.54, 1.807) is 4.57 Å². The molecule has 0 radical (unpaired) electrons. The van der Waals surface area contributed by atoms with Gasteiger partial charge in [-0.3, -0.25) is 9.36 Å². The van der Waals surface area contributed by atoms with Gasteiger partial charge >= 0.3 is 0 Å². The summed E-state index contributed by atoms with van der Waals surface area (Å²) in [5, 5.41) is 0.732. The first-order chi connectivity index (χ1) is 9.63. The zero-order valence-corrected chi connectivity index (χ0v) is 12.1. The lowest BCUT2D eigenvalue weighted by Gasteiger charge is -2.21. The molecular formula is C16H16N2OS. The van der Waals surface area contributed by atoms with Crippen molar-refractivity contribution >= 4 is 23.1 Å². The van der Waals surface area contributed by atoms with Gasteiger partial charge in [-0.2, -0.15) is 0 Å². The maximum absolute atomic E-state index is 12.8. The summed E-state index contributed by atoms with van der Waals surface area (Å²) in [5.41, 5.74) is 2.02. The van der Waals surface area contributed by atoms with E-state index >= 15 is 0 Å². The molecule has 3 nitrogen and oxygen atoms in total. The van der Waals surface area contributed by atoms with Gasteiger partial charge in [-0.05, 0) is 61.5 Å². The van der Waals surface area contributed by atoms with Gasteiger partial charge in [0.25, 0.3) is 5.56 Å². The van der Waals surface area contributed by atoms with Crippen molar-refractivity contribution < 1.29 is 0 Å². The van der Waals surface area contributed by atoms with Crippen molar-refractivity contribution in [2.75, 3.05) is 0 Å². The van der Waals surface area contributed by atoms with Gasteiger partial charge in [0.15, 0.2) is 4.77 Å². The highest BCUT2D eigenvalue weighted by Crippen LogP contribution is 2.45. The smallest absolute Gasteiger partial charge is 0.262 e. The van der Waals surface area contributed by atoms with Crippen molar-refractivity contribution in [1.29, 1.82) is 0 Å². The first-order valence-corrected chi connectivity index (χ1v) is 7.48. The van der Waals surface area contributed by atoms with Crippen LogP contribution >= 0.6 is 12.2 Å². The lowest BCUT2D eigenvalue weighted by molar-refractivity contribution is 0.414. The van der Waals surface area contributed by atoms with Gasteiger partial charge in [-0.15, -0.1) is 0 Å². The third-order valence-electron chi connectivity index (χ3n) is 4.66. The van der Waals surface area contributed by atoms with Crippen molar-refractivity contribution in [2.45, 2.75) is 25.8 Å². The molecule has 1 fully saturated rings. The Bertz CT molecular complexity index is 846. The number of nitrogens with zero attached hydrogens (tertiary/aromatic N) is 1. The number of aryl methyl sites for hydroxylation is 1. The zero-order chi connectivity index (χ0) is 13.9. The number of nitrogens with one attached hydrogen (secondary N) is 1. The second kappa shape index (κ2) is 4.16.